The van der Waals surface area contributed by atoms with Gasteiger partial charge in [0.25, 0.3) is 0 Å². The molecule has 0 bridgehead atoms. The maximum absolute atomic E-state index is 14.8. The fourth-order valence-electron chi connectivity index (χ4n) is 17.3. The van der Waals surface area contributed by atoms with Crippen LogP contribution >= 0.6 is 0 Å². The first-order valence-corrected chi connectivity index (χ1v) is 30.0. The predicted octanol–water partition coefficient (Wildman–Crippen LogP) is -1.91. The molecule has 10 rings (SSSR count). The van der Waals surface area contributed by atoms with Crippen molar-refractivity contribution >= 4 is 5.97 Å². The molecule has 10 aliphatic rings. The van der Waals surface area contributed by atoms with Crippen molar-refractivity contribution in [3.63, 3.8) is 0 Å². The van der Waals surface area contributed by atoms with E-state index in [0.29, 0.717) is 25.7 Å². The summed E-state index contributed by atoms with van der Waals surface area (Å²) in [5, 5.41) is 150. The van der Waals surface area contributed by atoms with Crippen LogP contribution in [-0.2, 0) is 52.2 Å². The molecule has 476 valence electrons. The summed E-state index contributed by atoms with van der Waals surface area (Å²) >= 11 is 0. The van der Waals surface area contributed by atoms with E-state index in [1.807, 2.05) is 0 Å². The predicted molar refractivity (Wildman–Crippen MR) is 282 cm³/mol. The molecule has 5 aliphatic carbocycles. The van der Waals surface area contributed by atoms with Crippen LogP contribution in [0.1, 0.15) is 120 Å². The first-order chi connectivity index (χ1) is 38.9. The molecule has 0 unspecified atom stereocenters. The quantitative estimate of drug-likeness (QED) is 0.0576. The highest BCUT2D eigenvalue weighted by Crippen LogP contribution is 2.76. The highest BCUT2D eigenvalue weighted by Gasteiger charge is 2.70. The van der Waals surface area contributed by atoms with Crippen molar-refractivity contribution in [2.45, 2.75) is 267 Å². The van der Waals surface area contributed by atoms with E-state index in [4.69, 9.17) is 47.4 Å². The maximum atomic E-state index is 14.8. The van der Waals surface area contributed by atoms with Crippen LogP contribution in [0.3, 0.4) is 0 Å². The van der Waals surface area contributed by atoms with Crippen molar-refractivity contribution < 1.29 is 124 Å². The number of carbonyl (C=O) groups excluding carboxylic acids is 1. The molecular formula is C58H94O25. The van der Waals surface area contributed by atoms with Crippen molar-refractivity contribution in [2.75, 3.05) is 26.4 Å². The fourth-order valence-corrected chi connectivity index (χ4v) is 17.3. The average molecular weight is 1190 g/mol. The van der Waals surface area contributed by atoms with Gasteiger partial charge in [-0.15, -0.1) is 0 Å². The van der Waals surface area contributed by atoms with E-state index < -0.39 is 184 Å². The molecule has 0 aromatic rings. The number of allylic oxidation sites excluding steroid dienone is 2. The molecule has 31 atom stereocenters. The van der Waals surface area contributed by atoms with Crippen LogP contribution in [0.2, 0.25) is 0 Å². The SMILES string of the molecule is C[C@@H]1O[C@@H](O[C@H]2[C@H](O[C@H]3CC[C@]4(C)[C@H]5CC=C6[C@@H]7CC(C)(C)CC[C@]7(C(=O)O[C@@H]7O[C@H](CO)[C@@H](O)[C@H](O)[C@H]7O)CC[C@@]6(C)[C@]5(C)CC[C@H]4C3(C)C)OC[C@H](O)[C@@H]2O)[C@H](O)[C@H](O[C@@H]2OC[C@@H](O[C@@H]3O[C@H](CO)[C@@H](O)[C@H](O)[C@H]3O)[C@@H](O)[C@H]2O)[C@H]1O. The van der Waals surface area contributed by atoms with Gasteiger partial charge in [-0.2, -0.15) is 0 Å². The van der Waals surface area contributed by atoms with Crippen LogP contribution in [0.4, 0.5) is 0 Å². The van der Waals surface area contributed by atoms with E-state index in [2.05, 4.69) is 54.5 Å². The zero-order valence-corrected chi connectivity index (χ0v) is 48.8. The molecular weight excluding hydrogens is 1100 g/mol. The Labute approximate surface area is 483 Å². The van der Waals surface area contributed by atoms with Crippen molar-refractivity contribution in [1.82, 2.24) is 0 Å². The lowest BCUT2D eigenvalue weighted by Crippen LogP contribution is -2.66. The van der Waals surface area contributed by atoms with E-state index in [9.17, 15) is 76.3 Å². The molecule has 5 saturated heterocycles. The molecule has 83 heavy (non-hydrogen) atoms. The molecule has 14 N–H and O–H groups in total. The van der Waals surface area contributed by atoms with Gasteiger partial charge in [0.05, 0.1) is 44.1 Å². The molecule has 0 spiro atoms. The largest absolute Gasteiger partial charge is 0.432 e. The molecule has 4 saturated carbocycles. The Hall–Kier alpha value is -1.71. The minimum Gasteiger partial charge on any atom is -0.432 e. The lowest BCUT2D eigenvalue weighted by molar-refractivity contribution is -0.382. The van der Waals surface area contributed by atoms with E-state index in [1.165, 1.54) is 12.5 Å². The van der Waals surface area contributed by atoms with Crippen LogP contribution in [0.5, 0.6) is 0 Å². The number of aliphatic hydroxyl groups excluding tert-OH is 14. The monoisotopic (exact) mass is 1190 g/mol. The van der Waals surface area contributed by atoms with Crippen LogP contribution < -0.4 is 0 Å². The molecule has 9 fully saturated rings. The zero-order chi connectivity index (χ0) is 60.4. The van der Waals surface area contributed by atoms with Crippen LogP contribution in [0, 0.1) is 50.2 Å². The van der Waals surface area contributed by atoms with Crippen molar-refractivity contribution in [2.24, 2.45) is 50.2 Å². The molecule has 25 heteroatoms. The van der Waals surface area contributed by atoms with Gasteiger partial charge in [0.2, 0.25) is 6.29 Å². The Morgan fingerprint density at radius 3 is 1.81 bits per heavy atom. The Morgan fingerprint density at radius 2 is 1.14 bits per heavy atom. The molecule has 25 nitrogen and oxygen atoms in total. The Kier molecular flexibility index (Phi) is 18.3. The van der Waals surface area contributed by atoms with Gasteiger partial charge in [-0.3, -0.25) is 4.79 Å². The highest BCUT2D eigenvalue weighted by molar-refractivity contribution is 5.79. The van der Waals surface area contributed by atoms with E-state index in [0.717, 1.165) is 38.5 Å². The normalized spacial score (nSPS) is 54.2. The Morgan fingerprint density at radius 1 is 0.554 bits per heavy atom. The molecule has 5 heterocycles. The first kappa shape index (κ1) is 64.3. The summed E-state index contributed by atoms with van der Waals surface area (Å²) in [6.07, 6.45) is -27.0. The van der Waals surface area contributed by atoms with Gasteiger partial charge in [0.1, 0.15) is 104 Å². The number of ether oxygens (including phenoxy) is 10. The lowest BCUT2D eigenvalue weighted by atomic mass is 9.33. The third-order valence-corrected chi connectivity index (χ3v) is 22.7. The first-order valence-electron chi connectivity index (χ1n) is 30.0. The van der Waals surface area contributed by atoms with Gasteiger partial charge >= 0.3 is 5.97 Å². The van der Waals surface area contributed by atoms with Gasteiger partial charge in [-0.05, 0) is 116 Å². The Balaban J connectivity index is 0.819. The summed E-state index contributed by atoms with van der Waals surface area (Å²) in [6, 6.07) is 0. The van der Waals surface area contributed by atoms with Gasteiger partial charge in [0, 0.05) is 0 Å². The molecule has 0 aromatic carbocycles. The van der Waals surface area contributed by atoms with Crippen molar-refractivity contribution in [3.05, 3.63) is 11.6 Å². The van der Waals surface area contributed by atoms with Gasteiger partial charge in [-0.1, -0.05) is 60.1 Å². The highest BCUT2D eigenvalue weighted by atomic mass is 16.8. The summed E-state index contributed by atoms with van der Waals surface area (Å²) < 4.78 is 59.6. The Bertz CT molecular complexity index is 2310. The number of esters is 1. The third-order valence-electron chi connectivity index (χ3n) is 22.7. The van der Waals surface area contributed by atoms with Crippen molar-refractivity contribution in [1.29, 1.82) is 0 Å². The number of aliphatic hydroxyl groups is 14. The number of hydrogen-bond acceptors (Lipinski definition) is 25. The molecule has 0 aromatic heterocycles. The standard InChI is InChI=1S/C58H94O25/c1-24-34(62)45(81-47-41(69)38(66)30(23-75-47)79-48-42(70)39(67)36(64)28(20-59)77-48)44(72)50(76-24)82-46-35(63)27(61)22-74-51(46)80-33-12-13-55(6)31(54(33,4)5)11-14-57(8)32(55)10-9-25-26-19-53(2,3)15-17-58(26,18-16-56(25,57)7)52(73)83-49-43(71)40(68)37(65)29(21-60)78-49/h9,24,26-51,59-72H,10-23H2,1-8H3/t24-,26-,27-,28+,29+,30+,31-,32+,33-,34-,35-,36+,37+,38+,39-,40-,41+,42+,43+,44+,45+,46+,47-,48-,49-,50-,51-,55-,56+,57+,58-/m0/s1. The molecule has 5 aliphatic heterocycles. The maximum Gasteiger partial charge on any atom is 0.315 e. The van der Waals surface area contributed by atoms with Crippen LogP contribution in [-0.4, -0.2) is 251 Å². The topological polar surface area (TPSA) is 393 Å². The minimum atomic E-state index is -1.89. The number of rotatable bonds is 12. The van der Waals surface area contributed by atoms with Gasteiger partial charge < -0.3 is 119 Å². The van der Waals surface area contributed by atoms with E-state index >= 15 is 0 Å². The molecule has 0 amide bonds. The fraction of sp³-hybridized carbons (Fsp3) is 0.948. The number of fused-ring (bicyclic) bond motifs is 7. The number of carbonyl (C=O) groups is 1. The summed E-state index contributed by atoms with van der Waals surface area (Å²) in [5.41, 5.74) is -0.888. The van der Waals surface area contributed by atoms with Crippen LogP contribution in [0.25, 0.3) is 0 Å². The summed E-state index contributed by atoms with van der Waals surface area (Å²) in [7, 11) is 0. The summed E-state index contributed by atoms with van der Waals surface area (Å²) in [6.45, 7) is 15.4. The summed E-state index contributed by atoms with van der Waals surface area (Å²) in [4.78, 5) is 14.8. The van der Waals surface area contributed by atoms with Gasteiger partial charge in [0.15, 0.2) is 25.2 Å². The number of hydrogen-bond donors (Lipinski definition) is 14. The average Bonchev–Trinajstić information content (AvgIpc) is 0.782. The van der Waals surface area contributed by atoms with Gasteiger partial charge in [-0.25, -0.2) is 0 Å². The molecule has 0 radical (unpaired) electrons. The van der Waals surface area contributed by atoms with E-state index in [1.54, 1.807) is 0 Å². The lowest BCUT2D eigenvalue weighted by Gasteiger charge is -2.71. The second kappa shape index (κ2) is 23.6. The smallest absolute Gasteiger partial charge is 0.315 e. The minimum absolute atomic E-state index is 0.0858. The third kappa shape index (κ3) is 10.8. The van der Waals surface area contributed by atoms with Crippen LogP contribution in [0.15, 0.2) is 11.6 Å². The van der Waals surface area contributed by atoms with E-state index in [-0.39, 0.29) is 46.0 Å². The second-order valence-corrected chi connectivity index (χ2v) is 28.2. The van der Waals surface area contributed by atoms with Crippen molar-refractivity contribution in [3.8, 4) is 0 Å². The second-order valence-electron chi connectivity index (χ2n) is 28.2. The summed E-state index contributed by atoms with van der Waals surface area (Å²) in [5.74, 6) is -0.298. The zero-order valence-electron chi connectivity index (χ0n) is 48.8.